The highest BCUT2D eigenvalue weighted by Crippen LogP contribution is 2.11. The van der Waals surface area contributed by atoms with Crippen LogP contribution in [-0.2, 0) is 0 Å². The molecular formula is C10H16N2O. The smallest absolute Gasteiger partial charge is 0.186 e. The SMILES string of the molecule is CCN(CC)c1[nH]ccc(=O)c1C. The van der Waals surface area contributed by atoms with Crippen molar-refractivity contribution in [2.45, 2.75) is 20.8 Å². The highest BCUT2D eigenvalue weighted by atomic mass is 16.1. The first-order chi connectivity index (χ1) is 6.20. The number of nitrogens with zero attached hydrogens (tertiary/aromatic N) is 1. The van der Waals surface area contributed by atoms with Crippen molar-refractivity contribution in [2.75, 3.05) is 18.0 Å². The van der Waals surface area contributed by atoms with Crippen LogP contribution in [0.25, 0.3) is 0 Å². The average molecular weight is 180 g/mol. The van der Waals surface area contributed by atoms with Crippen molar-refractivity contribution in [1.29, 1.82) is 0 Å². The Kier molecular flexibility index (Phi) is 3.12. The summed E-state index contributed by atoms with van der Waals surface area (Å²) in [6, 6.07) is 1.56. The number of aromatic amines is 1. The van der Waals surface area contributed by atoms with Gasteiger partial charge in [-0.3, -0.25) is 4.79 Å². The van der Waals surface area contributed by atoms with Gasteiger partial charge < -0.3 is 9.88 Å². The zero-order chi connectivity index (χ0) is 9.84. The van der Waals surface area contributed by atoms with Crippen LogP contribution in [0.3, 0.4) is 0 Å². The summed E-state index contributed by atoms with van der Waals surface area (Å²) < 4.78 is 0. The second-order valence-electron chi connectivity index (χ2n) is 2.99. The monoisotopic (exact) mass is 180 g/mol. The van der Waals surface area contributed by atoms with Crippen LogP contribution in [-0.4, -0.2) is 18.1 Å². The number of rotatable bonds is 3. The minimum absolute atomic E-state index is 0.0978. The first-order valence-electron chi connectivity index (χ1n) is 4.64. The van der Waals surface area contributed by atoms with E-state index in [4.69, 9.17) is 0 Å². The molecule has 0 amide bonds. The van der Waals surface area contributed by atoms with E-state index < -0.39 is 0 Å². The highest BCUT2D eigenvalue weighted by molar-refractivity contribution is 5.45. The standard InChI is InChI=1S/C10H16N2O/c1-4-12(5-2)10-8(3)9(13)6-7-11-10/h6-7H,4-5H2,1-3H3,(H,11,13). The minimum Gasteiger partial charge on any atom is -0.358 e. The Morgan fingerprint density at radius 1 is 1.38 bits per heavy atom. The number of aromatic nitrogens is 1. The van der Waals surface area contributed by atoms with Gasteiger partial charge in [0.05, 0.1) is 0 Å². The molecular weight excluding hydrogens is 164 g/mol. The molecule has 1 N–H and O–H groups in total. The van der Waals surface area contributed by atoms with Gasteiger partial charge in [-0.15, -0.1) is 0 Å². The van der Waals surface area contributed by atoms with E-state index in [9.17, 15) is 4.79 Å². The van der Waals surface area contributed by atoms with Gasteiger partial charge in [0.2, 0.25) is 0 Å². The number of hydrogen-bond acceptors (Lipinski definition) is 2. The Morgan fingerprint density at radius 2 is 2.00 bits per heavy atom. The van der Waals surface area contributed by atoms with E-state index in [1.807, 2.05) is 6.92 Å². The van der Waals surface area contributed by atoms with Crippen LogP contribution in [0.4, 0.5) is 5.82 Å². The zero-order valence-corrected chi connectivity index (χ0v) is 8.42. The Balaban J connectivity index is 3.13. The molecule has 0 aliphatic carbocycles. The van der Waals surface area contributed by atoms with Gasteiger partial charge in [-0.25, -0.2) is 0 Å². The largest absolute Gasteiger partial charge is 0.358 e. The summed E-state index contributed by atoms with van der Waals surface area (Å²) in [6.45, 7) is 7.84. The van der Waals surface area contributed by atoms with Crippen LogP contribution < -0.4 is 10.3 Å². The molecule has 1 aromatic rings. The van der Waals surface area contributed by atoms with Crippen molar-refractivity contribution in [2.24, 2.45) is 0 Å². The molecule has 1 rings (SSSR count). The fourth-order valence-electron chi connectivity index (χ4n) is 1.41. The Morgan fingerprint density at radius 3 is 2.54 bits per heavy atom. The van der Waals surface area contributed by atoms with Gasteiger partial charge in [0.25, 0.3) is 0 Å². The summed E-state index contributed by atoms with van der Waals surface area (Å²) in [5, 5.41) is 0. The van der Waals surface area contributed by atoms with Crippen LogP contribution in [0.5, 0.6) is 0 Å². The molecule has 0 aromatic carbocycles. The lowest BCUT2D eigenvalue weighted by Gasteiger charge is -2.21. The molecule has 1 aromatic heterocycles. The van der Waals surface area contributed by atoms with Crippen molar-refractivity contribution in [3.05, 3.63) is 28.0 Å². The van der Waals surface area contributed by atoms with Gasteiger partial charge in [-0.2, -0.15) is 0 Å². The molecule has 0 aliphatic heterocycles. The average Bonchev–Trinajstić information content (AvgIpc) is 2.14. The molecule has 0 aliphatic rings. The van der Waals surface area contributed by atoms with E-state index >= 15 is 0 Å². The molecule has 13 heavy (non-hydrogen) atoms. The highest BCUT2D eigenvalue weighted by Gasteiger charge is 2.06. The molecule has 0 radical (unpaired) electrons. The first-order valence-corrected chi connectivity index (χ1v) is 4.64. The molecule has 3 nitrogen and oxygen atoms in total. The predicted molar refractivity (Wildman–Crippen MR) is 55.4 cm³/mol. The number of nitrogens with one attached hydrogen (secondary N) is 1. The van der Waals surface area contributed by atoms with E-state index in [0.29, 0.717) is 0 Å². The molecule has 0 saturated carbocycles. The summed E-state index contributed by atoms with van der Waals surface area (Å²) >= 11 is 0. The third-order valence-corrected chi connectivity index (χ3v) is 2.26. The summed E-state index contributed by atoms with van der Waals surface area (Å²) in [5.41, 5.74) is 0.895. The predicted octanol–water partition coefficient (Wildman–Crippen LogP) is 1.53. The quantitative estimate of drug-likeness (QED) is 0.765. The molecule has 0 bridgehead atoms. The third-order valence-electron chi connectivity index (χ3n) is 2.26. The van der Waals surface area contributed by atoms with Crippen LogP contribution in [0.1, 0.15) is 19.4 Å². The van der Waals surface area contributed by atoms with Crippen molar-refractivity contribution in [3.8, 4) is 0 Å². The molecule has 0 unspecified atom stereocenters. The fraction of sp³-hybridized carbons (Fsp3) is 0.500. The first kappa shape index (κ1) is 9.84. The van der Waals surface area contributed by atoms with Crippen molar-refractivity contribution < 1.29 is 0 Å². The van der Waals surface area contributed by atoms with Gasteiger partial charge in [0.1, 0.15) is 5.82 Å². The maximum Gasteiger partial charge on any atom is 0.186 e. The molecule has 72 valence electrons. The number of pyridine rings is 1. The van der Waals surface area contributed by atoms with E-state index in [1.165, 1.54) is 0 Å². The van der Waals surface area contributed by atoms with Crippen LogP contribution in [0.15, 0.2) is 17.1 Å². The molecule has 3 heteroatoms. The molecule has 0 fully saturated rings. The number of hydrogen-bond donors (Lipinski definition) is 1. The van der Waals surface area contributed by atoms with Crippen molar-refractivity contribution >= 4 is 5.82 Å². The van der Waals surface area contributed by atoms with Gasteiger partial charge in [0, 0.05) is 30.9 Å². The lowest BCUT2D eigenvalue weighted by Crippen LogP contribution is -2.26. The summed E-state index contributed by atoms with van der Waals surface area (Å²) in [6.07, 6.45) is 1.70. The van der Waals surface area contributed by atoms with Crippen LogP contribution >= 0.6 is 0 Å². The van der Waals surface area contributed by atoms with Gasteiger partial charge in [-0.05, 0) is 20.8 Å². The van der Waals surface area contributed by atoms with E-state index in [0.717, 1.165) is 24.5 Å². The van der Waals surface area contributed by atoms with Crippen LogP contribution in [0, 0.1) is 6.92 Å². The van der Waals surface area contributed by atoms with Crippen LogP contribution in [0.2, 0.25) is 0 Å². The van der Waals surface area contributed by atoms with Gasteiger partial charge in [-0.1, -0.05) is 0 Å². The maximum absolute atomic E-state index is 11.3. The molecule has 0 saturated heterocycles. The van der Waals surface area contributed by atoms with Crippen molar-refractivity contribution in [1.82, 2.24) is 4.98 Å². The van der Waals surface area contributed by atoms with Gasteiger partial charge >= 0.3 is 0 Å². The fourth-order valence-corrected chi connectivity index (χ4v) is 1.41. The minimum atomic E-state index is 0.0978. The second kappa shape index (κ2) is 4.12. The Hall–Kier alpha value is -1.25. The van der Waals surface area contributed by atoms with E-state index in [2.05, 4.69) is 23.7 Å². The summed E-state index contributed by atoms with van der Waals surface area (Å²) in [7, 11) is 0. The van der Waals surface area contributed by atoms with E-state index in [-0.39, 0.29) is 5.43 Å². The number of H-pyrrole nitrogens is 1. The normalized spacial score (nSPS) is 10.1. The van der Waals surface area contributed by atoms with Crippen molar-refractivity contribution in [3.63, 3.8) is 0 Å². The molecule has 0 atom stereocenters. The second-order valence-corrected chi connectivity index (χ2v) is 2.99. The summed E-state index contributed by atoms with van der Waals surface area (Å²) in [4.78, 5) is 16.6. The maximum atomic E-state index is 11.3. The zero-order valence-electron chi connectivity index (χ0n) is 8.42. The third kappa shape index (κ3) is 1.91. The Labute approximate surface area is 78.4 Å². The molecule has 0 spiro atoms. The lowest BCUT2D eigenvalue weighted by molar-refractivity contribution is 0.839. The van der Waals surface area contributed by atoms with Gasteiger partial charge in [0.15, 0.2) is 5.43 Å². The Bertz CT molecular complexity index is 326. The molecule has 1 heterocycles. The summed E-state index contributed by atoms with van der Waals surface area (Å²) in [5.74, 6) is 0.942. The van der Waals surface area contributed by atoms with E-state index in [1.54, 1.807) is 12.3 Å². The topological polar surface area (TPSA) is 36.1 Å². The lowest BCUT2D eigenvalue weighted by atomic mass is 10.2. The number of anilines is 1.